The van der Waals surface area contributed by atoms with Crippen molar-refractivity contribution in [3.63, 3.8) is 0 Å². The molecule has 0 saturated heterocycles. The van der Waals surface area contributed by atoms with Crippen molar-refractivity contribution in [2.24, 2.45) is 0 Å². The molecule has 0 aromatic rings. The zero-order valence-electron chi connectivity index (χ0n) is 8.04. The predicted molar refractivity (Wildman–Crippen MR) is 55.6 cm³/mol. The van der Waals surface area contributed by atoms with Crippen LogP contribution in [0.25, 0.3) is 0 Å². The van der Waals surface area contributed by atoms with Gasteiger partial charge in [-0.3, -0.25) is 0 Å². The third-order valence-electron chi connectivity index (χ3n) is 1.56. The molecule has 0 fully saturated rings. The Kier molecular flexibility index (Phi) is 8.62. The fourth-order valence-electron chi connectivity index (χ4n) is 0.832. The number of ether oxygens (including phenoxy) is 1. The zero-order valence-corrected chi connectivity index (χ0v) is 8.04. The molecular formula is C11H18O2. The van der Waals surface area contributed by atoms with Crippen molar-refractivity contribution in [1.82, 2.24) is 0 Å². The van der Waals surface area contributed by atoms with E-state index in [1.54, 1.807) is 12.2 Å². The van der Waals surface area contributed by atoms with Crippen molar-refractivity contribution >= 4 is 0 Å². The second kappa shape index (κ2) is 9.23. The molecule has 2 nitrogen and oxygen atoms in total. The number of unbranched alkanes of at least 4 members (excludes halogenated alkanes) is 1. The van der Waals surface area contributed by atoms with Gasteiger partial charge in [-0.2, -0.15) is 0 Å². The molecule has 1 N–H and O–H groups in total. The second-order valence-corrected chi connectivity index (χ2v) is 2.66. The largest absolute Gasteiger partial charge is 0.396 e. The maximum atomic E-state index is 8.51. The minimum atomic E-state index is 0.236. The Hall–Kier alpha value is -0.860. The SMILES string of the molecule is C=C/C=C(\C=C)COCCCCO. The van der Waals surface area contributed by atoms with Crippen molar-refractivity contribution in [2.75, 3.05) is 19.8 Å². The van der Waals surface area contributed by atoms with Gasteiger partial charge in [-0.1, -0.05) is 31.4 Å². The molecule has 2 heteroatoms. The molecule has 0 aromatic heterocycles. The van der Waals surface area contributed by atoms with Crippen molar-refractivity contribution in [1.29, 1.82) is 0 Å². The number of hydrogen-bond donors (Lipinski definition) is 1. The topological polar surface area (TPSA) is 29.5 Å². The molecular weight excluding hydrogens is 164 g/mol. The maximum absolute atomic E-state index is 8.51. The second-order valence-electron chi connectivity index (χ2n) is 2.66. The molecule has 0 bridgehead atoms. The fourth-order valence-corrected chi connectivity index (χ4v) is 0.832. The summed E-state index contributed by atoms with van der Waals surface area (Å²) in [5, 5.41) is 8.51. The summed E-state index contributed by atoms with van der Waals surface area (Å²) in [6, 6.07) is 0. The lowest BCUT2D eigenvalue weighted by molar-refractivity contribution is 0.146. The van der Waals surface area contributed by atoms with Crippen LogP contribution < -0.4 is 0 Å². The highest BCUT2D eigenvalue weighted by molar-refractivity contribution is 5.21. The Bertz CT molecular complexity index is 171. The van der Waals surface area contributed by atoms with Crippen LogP contribution in [0.3, 0.4) is 0 Å². The minimum Gasteiger partial charge on any atom is -0.396 e. The Labute approximate surface area is 80.2 Å². The lowest BCUT2D eigenvalue weighted by Crippen LogP contribution is -1.99. The van der Waals surface area contributed by atoms with E-state index in [4.69, 9.17) is 9.84 Å². The summed E-state index contributed by atoms with van der Waals surface area (Å²) in [5.74, 6) is 0. The summed E-state index contributed by atoms with van der Waals surface area (Å²) in [6.07, 6.45) is 7.05. The van der Waals surface area contributed by atoms with Gasteiger partial charge in [0.05, 0.1) is 6.61 Å². The first-order chi connectivity index (χ1) is 6.35. The highest BCUT2D eigenvalue weighted by atomic mass is 16.5. The fraction of sp³-hybridized carbons (Fsp3) is 0.455. The molecule has 74 valence electrons. The monoisotopic (exact) mass is 182 g/mol. The van der Waals surface area contributed by atoms with Crippen LogP contribution in [0.2, 0.25) is 0 Å². The van der Waals surface area contributed by atoms with Crippen LogP contribution in [0.15, 0.2) is 37.0 Å². The van der Waals surface area contributed by atoms with Crippen LogP contribution in [0.5, 0.6) is 0 Å². The van der Waals surface area contributed by atoms with Gasteiger partial charge in [0.25, 0.3) is 0 Å². The smallest absolute Gasteiger partial charge is 0.0716 e. The van der Waals surface area contributed by atoms with Gasteiger partial charge in [-0.05, 0) is 18.4 Å². The summed E-state index contributed by atoms with van der Waals surface area (Å²) in [7, 11) is 0. The first-order valence-electron chi connectivity index (χ1n) is 4.47. The molecule has 0 saturated carbocycles. The van der Waals surface area contributed by atoms with E-state index in [1.807, 2.05) is 6.08 Å². The van der Waals surface area contributed by atoms with E-state index >= 15 is 0 Å². The van der Waals surface area contributed by atoms with E-state index in [0.29, 0.717) is 13.2 Å². The van der Waals surface area contributed by atoms with E-state index in [2.05, 4.69) is 13.2 Å². The van der Waals surface area contributed by atoms with Crippen LogP contribution in [-0.2, 0) is 4.74 Å². The quantitative estimate of drug-likeness (QED) is 0.460. The van der Waals surface area contributed by atoms with Gasteiger partial charge >= 0.3 is 0 Å². The van der Waals surface area contributed by atoms with E-state index < -0.39 is 0 Å². The summed E-state index contributed by atoms with van der Waals surface area (Å²) >= 11 is 0. The molecule has 13 heavy (non-hydrogen) atoms. The molecule has 0 aliphatic heterocycles. The first-order valence-corrected chi connectivity index (χ1v) is 4.47. The molecule has 0 spiro atoms. The third-order valence-corrected chi connectivity index (χ3v) is 1.56. The van der Waals surface area contributed by atoms with Crippen LogP contribution in [0.1, 0.15) is 12.8 Å². The van der Waals surface area contributed by atoms with Crippen molar-refractivity contribution < 1.29 is 9.84 Å². The Morgan fingerprint density at radius 1 is 1.31 bits per heavy atom. The van der Waals surface area contributed by atoms with Gasteiger partial charge in [0, 0.05) is 13.2 Å². The van der Waals surface area contributed by atoms with Gasteiger partial charge in [-0.15, -0.1) is 0 Å². The zero-order chi connectivity index (χ0) is 9.94. The summed E-state index contributed by atoms with van der Waals surface area (Å²) in [4.78, 5) is 0. The molecule has 0 heterocycles. The van der Waals surface area contributed by atoms with Gasteiger partial charge < -0.3 is 9.84 Å². The summed E-state index contributed by atoms with van der Waals surface area (Å²) in [6.45, 7) is 8.74. The van der Waals surface area contributed by atoms with Gasteiger partial charge in [0.15, 0.2) is 0 Å². The van der Waals surface area contributed by atoms with Crippen molar-refractivity contribution in [3.05, 3.63) is 37.0 Å². The Morgan fingerprint density at radius 3 is 2.62 bits per heavy atom. The number of aliphatic hydroxyl groups is 1. The Balaban J connectivity index is 3.44. The molecule has 0 atom stereocenters. The van der Waals surface area contributed by atoms with Crippen LogP contribution in [0, 0.1) is 0 Å². The van der Waals surface area contributed by atoms with E-state index in [0.717, 1.165) is 18.4 Å². The first kappa shape index (κ1) is 12.1. The van der Waals surface area contributed by atoms with Crippen molar-refractivity contribution in [3.8, 4) is 0 Å². The average molecular weight is 182 g/mol. The third kappa shape index (κ3) is 7.50. The van der Waals surface area contributed by atoms with E-state index in [9.17, 15) is 0 Å². The predicted octanol–water partition coefficient (Wildman–Crippen LogP) is 2.07. The average Bonchev–Trinajstić information content (AvgIpc) is 2.16. The Morgan fingerprint density at radius 2 is 2.08 bits per heavy atom. The lowest BCUT2D eigenvalue weighted by atomic mass is 10.2. The molecule has 0 aliphatic rings. The molecule has 0 aromatic carbocycles. The summed E-state index contributed by atoms with van der Waals surface area (Å²) < 4.78 is 5.34. The van der Waals surface area contributed by atoms with Gasteiger partial charge in [0.2, 0.25) is 0 Å². The normalized spacial score (nSPS) is 11.3. The molecule has 0 unspecified atom stereocenters. The number of aliphatic hydroxyl groups excluding tert-OH is 1. The standard InChI is InChI=1S/C11H18O2/c1-3-7-11(4-2)10-13-9-6-5-8-12/h3-4,7,12H,1-2,5-6,8-10H2/b11-7+. The summed E-state index contributed by atoms with van der Waals surface area (Å²) in [5.41, 5.74) is 1.03. The maximum Gasteiger partial charge on any atom is 0.0716 e. The number of rotatable bonds is 8. The highest BCUT2D eigenvalue weighted by Gasteiger charge is 1.91. The molecule has 0 amide bonds. The molecule has 0 aliphatic carbocycles. The highest BCUT2D eigenvalue weighted by Crippen LogP contribution is 1.98. The number of hydrogen-bond acceptors (Lipinski definition) is 2. The van der Waals surface area contributed by atoms with Gasteiger partial charge in [-0.25, -0.2) is 0 Å². The van der Waals surface area contributed by atoms with E-state index in [1.165, 1.54) is 0 Å². The molecule has 0 radical (unpaired) electrons. The van der Waals surface area contributed by atoms with Crippen LogP contribution in [-0.4, -0.2) is 24.9 Å². The molecule has 0 rings (SSSR count). The van der Waals surface area contributed by atoms with Gasteiger partial charge in [0.1, 0.15) is 0 Å². The van der Waals surface area contributed by atoms with Crippen molar-refractivity contribution in [2.45, 2.75) is 12.8 Å². The minimum absolute atomic E-state index is 0.236. The number of allylic oxidation sites excluding steroid dienone is 2. The van der Waals surface area contributed by atoms with Crippen LogP contribution in [0.4, 0.5) is 0 Å². The van der Waals surface area contributed by atoms with E-state index in [-0.39, 0.29) is 6.61 Å². The lowest BCUT2D eigenvalue weighted by Gasteiger charge is -2.03. The van der Waals surface area contributed by atoms with Crippen LogP contribution >= 0.6 is 0 Å².